The smallest absolute Gasteiger partial charge is 0.153 e. The molecule has 2 rings (SSSR count). The van der Waals surface area contributed by atoms with E-state index < -0.39 is 0 Å². The summed E-state index contributed by atoms with van der Waals surface area (Å²) in [5.41, 5.74) is 2.19. The molecule has 0 fully saturated rings. The highest BCUT2D eigenvalue weighted by molar-refractivity contribution is 5.31. The van der Waals surface area contributed by atoms with E-state index in [1.807, 2.05) is 23.7 Å². The minimum atomic E-state index is 0.0441. The zero-order valence-electron chi connectivity index (χ0n) is 11.6. The van der Waals surface area contributed by atoms with E-state index in [0.29, 0.717) is 0 Å². The Morgan fingerprint density at radius 3 is 2.39 bits per heavy atom. The zero-order valence-corrected chi connectivity index (χ0v) is 11.6. The molecule has 0 radical (unpaired) electrons. The third-order valence-electron chi connectivity index (χ3n) is 2.83. The van der Waals surface area contributed by atoms with Gasteiger partial charge in [0.25, 0.3) is 0 Å². The van der Waals surface area contributed by atoms with Gasteiger partial charge in [-0.25, -0.2) is 9.67 Å². The number of aromatic nitrogens is 3. The van der Waals surface area contributed by atoms with Crippen LogP contribution in [0, 0.1) is 6.92 Å². The van der Waals surface area contributed by atoms with Gasteiger partial charge < -0.3 is 4.74 Å². The molecule has 0 aliphatic rings. The molecule has 0 N–H and O–H groups in total. The van der Waals surface area contributed by atoms with Crippen LogP contribution in [0.3, 0.4) is 0 Å². The van der Waals surface area contributed by atoms with Crippen molar-refractivity contribution in [1.29, 1.82) is 0 Å². The maximum atomic E-state index is 5.10. The lowest BCUT2D eigenvalue weighted by atomic mass is 9.92. The van der Waals surface area contributed by atoms with Gasteiger partial charge in [-0.05, 0) is 25.1 Å². The third kappa shape index (κ3) is 2.37. The van der Waals surface area contributed by atoms with Gasteiger partial charge in [-0.15, -0.1) is 0 Å². The van der Waals surface area contributed by atoms with Gasteiger partial charge in [0, 0.05) is 11.1 Å². The molecular formula is C14H19N3O. The number of pyridine rings is 1. The van der Waals surface area contributed by atoms with Crippen LogP contribution in [0.25, 0.3) is 5.82 Å². The largest absolute Gasteiger partial charge is 0.495 e. The minimum Gasteiger partial charge on any atom is -0.495 e. The minimum absolute atomic E-state index is 0.0441. The molecule has 2 aromatic rings. The molecule has 4 nitrogen and oxygen atoms in total. The molecule has 0 aliphatic carbocycles. The summed E-state index contributed by atoms with van der Waals surface area (Å²) >= 11 is 0. The van der Waals surface area contributed by atoms with Crippen LogP contribution in [0.2, 0.25) is 0 Å². The molecule has 0 amide bonds. The number of ether oxygens (including phenoxy) is 1. The van der Waals surface area contributed by atoms with Crippen LogP contribution in [-0.4, -0.2) is 21.9 Å². The van der Waals surface area contributed by atoms with Crippen LogP contribution >= 0.6 is 0 Å². The molecule has 0 saturated heterocycles. The first-order valence-electron chi connectivity index (χ1n) is 5.99. The van der Waals surface area contributed by atoms with Crippen molar-refractivity contribution in [3.8, 4) is 11.6 Å². The predicted octanol–water partition coefficient (Wildman–Crippen LogP) is 2.88. The maximum Gasteiger partial charge on any atom is 0.153 e. The van der Waals surface area contributed by atoms with Gasteiger partial charge in [0.15, 0.2) is 5.82 Å². The van der Waals surface area contributed by atoms with E-state index in [1.165, 1.54) is 0 Å². The highest BCUT2D eigenvalue weighted by Crippen LogP contribution is 2.23. The van der Waals surface area contributed by atoms with Crippen molar-refractivity contribution in [3.63, 3.8) is 0 Å². The predicted molar refractivity (Wildman–Crippen MR) is 71.3 cm³/mol. The van der Waals surface area contributed by atoms with Gasteiger partial charge in [0.05, 0.1) is 19.0 Å². The summed E-state index contributed by atoms with van der Waals surface area (Å²) < 4.78 is 6.96. The van der Waals surface area contributed by atoms with Gasteiger partial charge in [0.2, 0.25) is 0 Å². The van der Waals surface area contributed by atoms with Crippen molar-refractivity contribution in [2.75, 3.05) is 7.11 Å². The Bertz CT molecular complexity index is 535. The molecule has 0 spiro atoms. The number of hydrogen-bond donors (Lipinski definition) is 0. The van der Waals surface area contributed by atoms with Crippen molar-refractivity contribution >= 4 is 0 Å². The van der Waals surface area contributed by atoms with Crippen LogP contribution in [0.5, 0.6) is 5.75 Å². The lowest BCUT2D eigenvalue weighted by Gasteiger charge is -2.14. The quantitative estimate of drug-likeness (QED) is 0.816. The van der Waals surface area contributed by atoms with E-state index in [4.69, 9.17) is 4.74 Å². The highest BCUT2D eigenvalue weighted by atomic mass is 16.5. The van der Waals surface area contributed by atoms with E-state index in [9.17, 15) is 0 Å². The average molecular weight is 245 g/mol. The second kappa shape index (κ2) is 4.44. The second-order valence-electron chi connectivity index (χ2n) is 5.39. The molecule has 0 unspecified atom stereocenters. The number of aryl methyl sites for hydroxylation is 1. The fourth-order valence-corrected chi connectivity index (χ4v) is 1.69. The first kappa shape index (κ1) is 12.6. The van der Waals surface area contributed by atoms with Gasteiger partial charge in [-0.2, -0.15) is 5.10 Å². The van der Waals surface area contributed by atoms with Crippen molar-refractivity contribution in [3.05, 3.63) is 35.8 Å². The zero-order chi connectivity index (χ0) is 13.3. The van der Waals surface area contributed by atoms with Crippen LogP contribution < -0.4 is 4.74 Å². The van der Waals surface area contributed by atoms with E-state index in [1.54, 1.807) is 13.3 Å². The monoisotopic (exact) mass is 245 g/mol. The number of methoxy groups -OCH3 is 1. The molecule has 0 aromatic carbocycles. The van der Waals surface area contributed by atoms with E-state index in [0.717, 1.165) is 23.0 Å². The van der Waals surface area contributed by atoms with Gasteiger partial charge in [0.1, 0.15) is 5.75 Å². The fraction of sp³-hybridized carbons (Fsp3) is 0.429. The Morgan fingerprint density at radius 1 is 1.22 bits per heavy atom. The SMILES string of the molecule is COc1ccc(-n2nc(C(C)(C)C)cc2C)nc1. The van der Waals surface area contributed by atoms with Crippen molar-refractivity contribution in [1.82, 2.24) is 14.8 Å². The van der Waals surface area contributed by atoms with Crippen LogP contribution in [0.1, 0.15) is 32.2 Å². The molecule has 0 aliphatic heterocycles. The molecule has 0 atom stereocenters. The molecule has 4 heteroatoms. The normalized spacial score (nSPS) is 11.6. The lowest BCUT2D eigenvalue weighted by molar-refractivity contribution is 0.412. The molecule has 96 valence electrons. The molecule has 18 heavy (non-hydrogen) atoms. The van der Waals surface area contributed by atoms with Crippen molar-refractivity contribution in [2.45, 2.75) is 33.1 Å². The van der Waals surface area contributed by atoms with Gasteiger partial charge in [-0.1, -0.05) is 20.8 Å². The molecule has 0 saturated carbocycles. The summed E-state index contributed by atoms with van der Waals surface area (Å²) in [7, 11) is 1.63. The Morgan fingerprint density at radius 2 is 1.94 bits per heavy atom. The van der Waals surface area contributed by atoms with Gasteiger partial charge >= 0.3 is 0 Å². The number of hydrogen-bond acceptors (Lipinski definition) is 3. The van der Waals surface area contributed by atoms with Crippen LogP contribution in [0.4, 0.5) is 0 Å². The first-order valence-corrected chi connectivity index (χ1v) is 5.99. The Hall–Kier alpha value is -1.84. The van der Waals surface area contributed by atoms with Crippen molar-refractivity contribution in [2.24, 2.45) is 0 Å². The summed E-state index contributed by atoms with van der Waals surface area (Å²) in [4.78, 5) is 4.35. The molecular weight excluding hydrogens is 226 g/mol. The van der Waals surface area contributed by atoms with E-state index in [2.05, 4.69) is 36.9 Å². The Kier molecular flexibility index (Phi) is 3.11. The molecule has 2 aromatic heterocycles. The topological polar surface area (TPSA) is 39.9 Å². The Balaban J connectivity index is 2.41. The average Bonchev–Trinajstić information content (AvgIpc) is 2.71. The molecule has 0 bridgehead atoms. The van der Waals surface area contributed by atoms with Gasteiger partial charge in [-0.3, -0.25) is 0 Å². The second-order valence-corrected chi connectivity index (χ2v) is 5.39. The van der Waals surface area contributed by atoms with Crippen molar-refractivity contribution < 1.29 is 4.74 Å². The third-order valence-corrected chi connectivity index (χ3v) is 2.83. The molecule has 2 heterocycles. The summed E-state index contributed by atoms with van der Waals surface area (Å²) in [6.07, 6.45) is 1.70. The van der Waals surface area contributed by atoms with Crippen LogP contribution in [-0.2, 0) is 5.41 Å². The highest BCUT2D eigenvalue weighted by Gasteiger charge is 2.19. The number of nitrogens with zero attached hydrogens (tertiary/aromatic N) is 3. The Labute approximate surface area is 108 Å². The van der Waals surface area contributed by atoms with E-state index >= 15 is 0 Å². The summed E-state index contributed by atoms with van der Waals surface area (Å²) in [5, 5.41) is 4.62. The fourth-order valence-electron chi connectivity index (χ4n) is 1.69. The first-order chi connectivity index (χ1) is 8.41. The van der Waals surface area contributed by atoms with Crippen LogP contribution in [0.15, 0.2) is 24.4 Å². The van der Waals surface area contributed by atoms with E-state index in [-0.39, 0.29) is 5.41 Å². The lowest BCUT2D eigenvalue weighted by Crippen LogP contribution is -2.12. The summed E-state index contributed by atoms with van der Waals surface area (Å²) in [6.45, 7) is 8.50. The standard InChI is InChI=1S/C14H19N3O/c1-10-8-12(14(2,3)4)16-17(10)13-7-6-11(18-5)9-15-13/h6-9H,1-5H3. The summed E-state index contributed by atoms with van der Waals surface area (Å²) in [5.74, 6) is 1.56. The summed E-state index contributed by atoms with van der Waals surface area (Å²) in [6, 6.07) is 5.90. The number of rotatable bonds is 2. The maximum absolute atomic E-state index is 5.10.